The first kappa shape index (κ1) is 21.1. The van der Waals surface area contributed by atoms with Gasteiger partial charge in [0, 0.05) is 43.0 Å². The molecule has 1 N–H and O–H groups in total. The Balaban J connectivity index is 1.34. The molecule has 168 valence electrons. The Morgan fingerprint density at radius 3 is 2.68 bits per heavy atom. The van der Waals surface area contributed by atoms with Crippen LogP contribution in [0.3, 0.4) is 0 Å². The normalized spacial score (nSPS) is 23.2. The topological polar surface area (TPSA) is 70.6 Å². The van der Waals surface area contributed by atoms with Gasteiger partial charge in [-0.2, -0.15) is 0 Å². The number of morpholine rings is 1. The smallest absolute Gasteiger partial charge is 0.225 e. The number of likely N-dealkylation sites (tertiary alicyclic amines) is 1. The summed E-state index contributed by atoms with van der Waals surface area (Å²) in [4.78, 5) is 29.5. The molecule has 2 aliphatic heterocycles. The highest BCUT2D eigenvalue weighted by atomic mass is 32.1. The second kappa shape index (κ2) is 9.00. The maximum Gasteiger partial charge on any atom is 0.225 e. The number of amides is 1. The van der Waals surface area contributed by atoms with Gasteiger partial charge in [-0.05, 0) is 38.7 Å². The van der Waals surface area contributed by atoms with E-state index < -0.39 is 0 Å². The molecule has 8 heteroatoms. The molecule has 1 amide bonds. The standard InChI is InChI=1S/C23H33N5O2S/c1-15-16(2)31-22-20(15)21(25-19(26-22)14-27-9-11-30-12-10-27)24-18-7-8-28(13-18)23(29)17-5-3-4-6-17/h17-18H,3-14H2,1-2H3,(H,24,25,26). The van der Waals surface area contributed by atoms with Crippen molar-refractivity contribution < 1.29 is 9.53 Å². The zero-order chi connectivity index (χ0) is 21.4. The van der Waals surface area contributed by atoms with Crippen LogP contribution in [-0.2, 0) is 16.1 Å². The van der Waals surface area contributed by atoms with E-state index in [-0.39, 0.29) is 12.0 Å². The van der Waals surface area contributed by atoms with E-state index in [9.17, 15) is 4.79 Å². The van der Waals surface area contributed by atoms with Crippen LogP contribution >= 0.6 is 11.3 Å². The number of ether oxygens (including phenoxy) is 1. The van der Waals surface area contributed by atoms with Gasteiger partial charge in [-0.3, -0.25) is 9.69 Å². The van der Waals surface area contributed by atoms with Crippen molar-refractivity contribution in [1.82, 2.24) is 19.8 Å². The number of anilines is 1. The van der Waals surface area contributed by atoms with Crippen molar-refractivity contribution in [3.63, 3.8) is 0 Å². The Kier molecular flexibility index (Phi) is 6.12. The van der Waals surface area contributed by atoms with Gasteiger partial charge in [0.1, 0.15) is 16.5 Å². The Bertz CT molecular complexity index is 949. The van der Waals surface area contributed by atoms with Crippen LogP contribution in [0, 0.1) is 19.8 Å². The first-order valence-electron chi connectivity index (χ1n) is 11.7. The monoisotopic (exact) mass is 443 g/mol. The van der Waals surface area contributed by atoms with Crippen LogP contribution in [0.25, 0.3) is 10.2 Å². The van der Waals surface area contributed by atoms with Crippen molar-refractivity contribution in [2.75, 3.05) is 44.7 Å². The number of hydrogen-bond acceptors (Lipinski definition) is 7. The molecule has 0 radical (unpaired) electrons. The summed E-state index contributed by atoms with van der Waals surface area (Å²) in [6, 6.07) is 0.249. The molecular formula is C23H33N5O2S. The highest BCUT2D eigenvalue weighted by Gasteiger charge is 2.32. The number of nitrogens with zero attached hydrogens (tertiary/aromatic N) is 4. The minimum Gasteiger partial charge on any atom is -0.379 e. The third-order valence-electron chi connectivity index (χ3n) is 7.09. The number of aromatic nitrogens is 2. The molecule has 3 aliphatic rings. The summed E-state index contributed by atoms with van der Waals surface area (Å²) >= 11 is 1.75. The number of hydrogen-bond donors (Lipinski definition) is 1. The second-order valence-corrected chi connectivity index (χ2v) is 10.4. The van der Waals surface area contributed by atoms with Crippen LogP contribution in [-0.4, -0.2) is 71.1 Å². The molecular weight excluding hydrogens is 410 g/mol. The summed E-state index contributed by atoms with van der Waals surface area (Å²) in [5, 5.41) is 4.86. The predicted molar refractivity (Wildman–Crippen MR) is 124 cm³/mol. The van der Waals surface area contributed by atoms with E-state index in [2.05, 4.69) is 29.0 Å². The lowest BCUT2D eigenvalue weighted by atomic mass is 10.1. The Morgan fingerprint density at radius 2 is 1.90 bits per heavy atom. The van der Waals surface area contributed by atoms with Gasteiger partial charge < -0.3 is 15.0 Å². The van der Waals surface area contributed by atoms with E-state index in [0.717, 1.165) is 87.1 Å². The van der Waals surface area contributed by atoms with Gasteiger partial charge >= 0.3 is 0 Å². The molecule has 31 heavy (non-hydrogen) atoms. The van der Waals surface area contributed by atoms with E-state index in [4.69, 9.17) is 14.7 Å². The number of thiophene rings is 1. The largest absolute Gasteiger partial charge is 0.379 e. The molecule has 2 saturated heterocycles. The highest BCUT2D eigenvalue weighted by Crippen LogP contribution is 2.35. The van der Waals surface area contributed by atoms with E-state index >= 15 is 0 Å². The van der Waals surface area contributed by atoms with E-state index in [1.807, 2.05) is 0 Å². The van der Waals surface area contributed by atoms with Gasteiger partial charge in [-0.25, -0.2) is 9.97 Å². The average Bonchev–Trinajstić information content (AvgIpc) is 3.50. The molecule has 3 fully saturated rings. The van der Waals surface area contributed by atoms with E-state index in [0.29, 0.717) is 5.91 Å². The quantitative estimate of drug-likeness (QED) is 0.764. The molecule has 0 spiro atoms. The fourth-order valence-electron chi connectivity index (χ4n) is 5.13. The van der Waals surface area contributed by atoms with E-state index in [1.54, 1.807) is 11.3 Å². The van der Waals surface area contributed by atoms with Gasteiger partial charge in [-0.1, -0.05) is 12.8 Å². The summed E-state index contributed by atoms with van der Waals surface area (Å²) < 4.78 is 5.48. The molecule has 7 nitrogen and oxygen atoms in total. The Labute approximate surface area is 188 Å². The van der Waals surface area contributed by atoms with Gasteiger partial charge in [0.25, 0.3) is 0 Å². The third-order valence-corrected chi connectivity index (χ3v) is 8.19. The molecule has 2 aromatic heterocycles. The van der Waals surface area contributed by atoms with Gasteiger partial charge in [0.05, 0.1) is 25.1 Å². The Hall–Kier alpha value is -1.77. The minimum atomic E-state index is 0.249. The molecule has 1 saturated carbocycles. The maximum atomic E-state index is 12.8. The van der Waals surface area contributed by atoms with Crippen LogP contribution in [0.15, 0.2) is 0 Å². The maximum absolute atomic E-state index is 12.8. The van der Waals surface area contributed by atoms with Crippen LogP contribution < -0.4 is 5.32 Å². The fraction of sp³-hybridized carbons (Fsp3) is 0.696. The number of aryl methyl sites for hydroxylation is 2. The van der Waals surface area contributed by atoms with Crippen molar-refractivity contribution in [2.24, 2.45) is 5.92 Å². The molecule has 1 aliphatic carbocycles. The third kappa shape index (κ3) is 4.43. The molecule has 0 aromatic carbocycles. The van der Waals surface area contributed by atoms with Crippen LogP contribution in [0.5, 0.6) is 0 Å². The van der Waals surface area contributed by atoms with Gasteiger partial charge in [0.2, 0.25) is 5.91 Å². The number of carbonyl (C=O) groups is 1. The zero-order valence-electron chi connectivity index (χ0n) is 18.7. The first-order valence-corrected chi connectivity index (χ1v) is 12.5. The number of fused-ring (bicyclic) bond motifs is 1. The van der Waals surface area contributed by atoms with Crippen LogP contribution in [0.4, 0.5) is 5.82 Å². The molecule has 0 bridgehead atoms. The summed E-state index contributed by atoms with van der Waals surface area (Å²) in [6.45, 7) is 10.1. The summed E-state index contributed by atoms with van der Waals surface area (Å²) in [6.07, 6.45) is 5.52. The zero-order valence-corrected chi connectivity index (χ0v) is 19.5. The van der Waals surface area contributed by atoms with Gasteiger partial charge in [-0.15, -0.1) is 11.3 Å². The minimum absolute atomic E-state index is 0.249. The van der Waals surface area contributed by atoms with Crippen molar-refractivity contribution in [3.8, 4) is 0 Å². The molecule has 1 atom stereocenters. The average molecular weight is 444 g/mol. The lowest BCUT2D eigenvalue weighted by Gasteiger charge is -2.26. The Morgan fingerprint density at radius 1 is 1.13 bits per heavy atom. The highest BCUT2D eigenvalue weighted by molar-refractivity contribution is 7.18. The summed E-state index contributed by atoms with van der Waals surface area (Å²) in [7, 11) is 0. The van der Waals surface area contributed by atoms with Gasteiger partial charge in [0.15, 0.2) is 0 Å². The lowest BCUT2D eigenvalue weighted by molar-refractivity contribution is -0.134. The molecule has 2 aromatic rings. The fourth-order valence-corrected chi connectivity index (χ4v) is 6.18. The van der Waals surface area contributed by atoms with Crippen LogP contribution in [0.2, 0.25) is 0 Å². The summed E-state index contributed by atoms with van der Waals surface area (Å²) in [5.74, 6) is 2.43. The molecule has 1 unspecified atom stereocenters. The first-order chi connectivity index (χ1) is 15.1. The summed E-state index contributed by atoms with van der Waals surface area (Å²) in [5.41, 5.74) is 1.26. The number of carbonyl (C=O) groups excluding carboxylic acids is 1. The number of nitrogens with one attached hydrogen (secondary N) is 1. The second-order valence-electron chi connectivity index (χ2n) is 9.24. The van der Waals surface area contributed by atoms with Crippen LogP contribution in [0.1, 0.15) is 48.4 Å². The van der Waals surface area contributed by atoms with Crippen molar-refractivity contribution in [3.05, 3.63) is 16.3 Å². The van der Waals surface area contributed by atoms with E-state index in [1.165, 1.54) is 23.3 Å². The van der Waals surface area contributed by atoms with Crippen molar-refractivity contribution in [2.45, 2.75) is 58.5 Å². The molecule has 4 heterocycles. The SMILES string of the molecule is Cc1sc2nc(CN3CCOCC3)nc(NC3CCN(C(=O)C4CCCC4)C3)c2c1C. The number of rotatable bonds is 5. The van der Waals surface area contributed by atoms with Crippen molar-refractivity contribution >= 4 is 33.3 Å². The lowest BCUT2D eigenvalue weighted by Crippen LogP contribution is -2.36. The predicted octanol–water partition coefficient (Wildman–Crippen LogP) is 3.34. The molecule has 5 rings (SSSR count). The van der Waals surface area contributed by atoms with Crippen molar-refractivity contribution in [1.29, 1.82) is 0 Å².